The number of rotatable bonds is 6. The molecular weight excluding hydrogens is 673 g/mol. The van der Waals surface area contributed by atoms with Gasteiger partial charge >= 0.3 is 12.1 Å². The van der Waals surface area contributed by atoms with Crippen LogP contribution in [0.4, 0.5) is 4.79 Å². The molecule has 3 amide bonds. The summed E-state index contributed by atoms with van der Waals surface area (Å²) in [6.45, 7) is 5.24. The topological polar surface area (TPSA) is 156 Å². The number of aliphatic carboxylic acids is 1. The van der Waals surface area contributed by atoms with E-state index >= 15 is 0 Å². The van der Waals surface area contributed by atoms with E-state index in [9.17, 15) is 24.3 Å². The number of hydrogen-bond acceptors (Lipinski definition) is 9. The molecule has 1 aliphatic carbocycles. The smallest absolute Gasteiger partial charge is 0.408 e. The number of nitrogens with zero attached hydrogens (tertiary/aromatic N) is 2. The highest BCUT2D eigenvalue weighted by molar-refractivity contribution is 7.99. The normalized spacial score (nSPS) is 25.5. The van der Waals surface area contributed by atoms with E-state index in [0.29, 0.717) is 28.1 Å². The van der Waals surface area contributed by atoms with Gasteiger partial charge in [-0.05, 0) is 57.9 Å². The number of pyridine rings is 1. The summed E-state index contributed by atoms with van der Waals surface area (Å²) < 4.78 is 17.6. The number of thioether (sulfide) groups is 1. The van der Waals surface area contributed by atoms with Crippen LogP contribution < -0.4 is 20.1 Å². The molecule has 13 heteroatoms. The van der Waals surface area contributed by atoms with Gasteiger partial charge in [-0.25, -0.2) is 14.6 Å². The van der Waals surface area contributed by atoms with Gasteiger partial charge < -0.3 is 34.9 Å². The third-order valence-corrected chi connectivity index (χ3v) is 10.4. The van der Waals surface area contributed by atoms with Crippen LogP contribution in [0, 0.1) is 5.92 Å². The van der Waals surface area contributed by atoms with Crippen molar-refractivity contribution in [2.75, 3.05) is 25.2 Å². The predicted octanol–water partition coefficient (Wildman–Crippen LogP) is 5.19. The van der Waals surface area contributed by atoms with Gasteiger partial charge in [0.05, 0.1) is 24.9 Å². The average Bonchev–Trinajstić information content (AvgIpc) is 3.63. The summed E-state index contributed by atoms with van der Waals surface area (Å²) in [7, 11) is 1.58. The van der Waals surface area contributed by atoms with E-state index in [-0.39, 0.29) is 31.1 Å². The molecular formula is C38H44N4O8S. The summed E-state index contributed by atoms with van der Waals surface area (Å²) in [5, 5.41) is 16.5. The quantitative estimate of drug-likeness (QED) is 0.290. The SMILES string of the molecule is COc1ccc2c(O[C@@H]3C[C@H]4C(=O)N[C@]5(C(=O)O)CC5C=CCCCSC[C@H](NC(=O)OC(C)(C)C)C(=O)N4C3)cc(-c3ccccc3)nc2c1. The molecule has 2 aromatic carbocycles. The van der Waals surface area contributed by atoms with Crippen molar-refractivity contribution in [3.63, 3.8) is 0 Å². The van der Waals surface area contributed by atoms with Crippen LogP contribution in [0.25, 0.3) is 22.2 Å². The number of hydrogen-bond donors (Lipinski definition) is 3. The van der Waals surface area contributed by atoms with Gasteiger partial charge in [-0.2, -0.15) is 11.8 Å². The van der Waals surface area contributed by atoms with E-state index in [0.717, 1.165) is 24.2 Å². The minimum Gasteiger partial charge on any atom is -0.497 e. The van der Waals surface area contributed by atoms with Crippen molar-refractivity contribution >= 4 is 46.5 Å². The largest absolute Gasteiger partial charge is 0.497 e. The van der Waals surface area contributed by atoms with E-state index in [1.165, 1.54) is 16.7 Å². The molecule has 6 rings (SSSR count). The van der Waals surface area contributed by atoms with Crippen LogP contribution in [0.15, 0.2) is 66.7 Å². The highest BCUT2D eigenvalue weighted by atomic mass is 32.2. The van der Waals surface area contributed by atoms with Crippen molar-refractivity contribution in [2.24, 2.45) is 5.92 Å². The lowest BCUT2D eigenvalue weighted by Crippen LogP contribution is -2.57. The fraction of sp³-hybridized carbons (Fsp3) is 0.447. The molecule has 1 saturated carbocycles. The van der Waals surface area contributed by atoms with Crippen LogP contribution in [-0.2, 0) is 19.1 Å². The van der Waals surface area contributed by atoms with Crippen molar-refractivity contribution in [3.05, 3.63) is 66.7 Å². The van der Waals surface area contributed by atoms with Gasteiger partial charge in [-0.1, -0.05) is 42.5 Å². The van der Waals surface area contributed by atoms with Crippen LogP contribution in [0.3, 0.4) is 0 Å². The number of ether oxygens (including phenoxy) is 3. The van der Waals surface area contributed by atoms with Gasteiger partial charge in [-0.15, -0.1) is 0 Å². The van der Waals surface area contributed by atoms with Crippen LogP contribution in [0.2, 0.25) is 0 Å². The molecule has 1 saturated heterocycles. The second kappa shape index (κ2) is 14.8. The minimum absolute atomic E-state index is 0.0259. The number of methoxy groups -OCH3 is 1. The summed E-state index contributed by atoms with van der Waals surface area (Å²) in [6, 6.07) is 14.9. The Morgan fingerprint density at radius 2 is 1.90 bits per heavy atom. The van der Waals surface area contributed by atoms with E-state index in [2.05, 4.69) is 10.6 Å². The number of fused-ring (bicyclic) bond motifs is 3. The van der Waals surface area contributed by atoms with Crippen LogP contribution >= 0.6 is 11.8 Å². The summed E-state index contributed by atoms with van der Waals surface area (Å²) in [5.41, 5.74) is -0.0510. The van der Waals surface area contributed by atoms with Crippen LogP contribution in [0.5, 0.6) is 11.5 Å². The molecule has 2 fully saturated rings. The number of amides is 3. The molecule has 51 heavy (non-hydrogen) atoms. The molecule has 270 valence electrons. The number of carboxylic acid groups (broad SMARTS) is 1. The number of allylic oxidation sites excluding steroid dienone is 1. The van der Waals surface area contributed by atoms with Crippen molar-refractivity contribution in [3.8, 4) is 22.8 Å². The summed E-state index contributed by atoms with van der Waals surface area (Å²) in [6.07, 6.45) is 4.31. The molecule has 1 aromatic heterocycles. The standard InChI is InChI=1S/C38H44N4O8S/c1-37(2,3)50-36(47)40-30-22-51-16-10-6-9-13-24-20-38(24,35(45)46)41-33(43)31-18-26(21-42(31)34(30)44)49-32-19-28(23-11-7-5-8-12-23)39-29-17-25(48-4)14-15-27(29)32/h5,7-9,11-15,17,19,24,26,30-31H,6,10,16,18,20-22H2,1-4H3,(H,40,47)(H,41,43)(H,45,46)/t24?,26-,30+,31+,38-/m1/s1. The van der Waals surface area contributed by atoms with Crippen LogP contribution in [-0.4, -0.2) is 93.4 Å². The molecule has 1 unspecified atom stereocenters. The maximum Gasteiger partial charge on any atom is 0.408 e. The van der Waals surface area contributed by atoms with Gasteiger partial charge in [0.2, 0.25) is 11.8 Å². The summed E-state index contributed by atoms with van der Waals surface area (Å²) >= 11 is 1.52. The zero-order chi connectivity index (χ0) is 36.3. The molecule has 0 spiro atoms. The fourth-order valence-corrected chi connectivity index (χ4v) is 7.57. The number of nitrogens with one attached hydrogen (secondary N) is 2. The first kappa shape index (κ1) is 36.0. The average molecular weight is 717 g/mol. The Hall–Kier alpha value is -4.78. The number of carboxylic acids is 1. The lowest BCUT2D eigenvalue weighted by atomic mass is 10.1. The monoisotopic (exact) mass is 716 g/mol. The van der Waals surface area contributed by atoms with Crippen molar-refractivity contribution in [1.29, 1.82) is 0 Å². The van der Waals surface area contributed by atoms with E-state index in [1.54, 1.807) is 27.9 Å². The van der Waals surface area contributed by atoms with Gasteiger partial charge in [0, 0.05) is 41.2 Å². The Labute approximate surface area is 301 Å². The highest BCUT2D eigenvalue weighted by Gasteiger charge is 2.61. The Morgan fingerprint density at radius 1 is 1.12 bits per heavy atom. The van der Waals surface area contributed by atoms with Gasteiger partial charge in [0.1, 0.15) is 40.8 Å². The molecule has 3 heterocycles. The molecule has 2 aliphatic heterocycles. The Morgan fingerprint density at radius 3 is 2.63 bits per heavy atom. The maximum atomic E-state index is 14.4. The zero-order valence-electron chi connectivity index (χ0n) is 29.2. The first-order valence-electron chi connectivity index (χ1n) is 17.2. The van der Waals surface area contributed by atoms with E-state index in [4.69, 9.17) is 19.2 Å². The van der Waals surface area contributed by atoms with Crippen molar-refractivity contribution in [2.45, 2.75) is 75.8 Å². The van der Waals surface area contributed by atoms with Gasteiger partial charge in [0.25, 0.3) is 0 Å². The van der Waals surface area contributed by atoms with E-state index in [1.807, 2.05) is 66.7 Å². The number of alkyl carbamates (subject to hydrolysis) is 1. The Kier molecular flexibility index (Phi) is 10.5. The van der Waals surface area contributed by atoms with Crippen molar-refractivity contribution < 1.29 is 38.5 Å². The molecule has 12 nitrogen and oxygen atoms in total. The third-order valence-electron chi connectivity index (χ3n) is 9.23. The summed E-state index contributed by atoms with van der Waals surface area (Å²) in [5.74, 6) is -0.415. The lowest BCUT2D eigenvalue weighted by molar-refractivity contribution is -0.145. The molecule has 3 N–H and O–H groups in total. The molecule has 0 bridgehead atoms. The fourth-order valence-electron chi connectivity index (χ4n) is 6.57. The van der Waals surface area contributed by atoms with Crippen molar-refractivity contribution in [1.82, 2.24) is 20.5 Å². The lowest BCUT2D eigenvalue weighted by Gasteiger charge is -2.30. The zero-order valence-corrected chi connectivity index (χ0v) is 30.0. The maximum absolute atomic E-state index is 14.4. The molecule has 0 radical (unpaired) electrons. The molecule has 5 atom stereocenters. The Bertz CT molecular complexity index is 1830. The molecule has 3 aromatic rings. The Balaban J connectivity index is 1.34. The van der Waals surface area contributed by atoms with Gasteiger partial charge in [-0.3, -0.25) is 9.59 Å². The third kappa shape index (κ3) is 8.24. The highest BCUT2D eigenvalue weighted by Crippen LogP contribution is 2.45. The second-order valence-electron chi connectivity index (χ2n) is 14.2. The number of aromatic nitrogens is 1. The van der Waals surface area contributed by atoms with Gasteiger partial charge in [0.15, 0.2) is 0 Å². The first-order valence-corrected chi connectivity index (χ1v) is 18.3. The first-order chi connectivity index (χ1) is 24.4. The second-order valence-corrected chi connectivity index (χ2v) is 15.3. The number of carbonyl (C=O) groups excluding carboxylic acids is 3. The molecule has 3 aliphatic rings. The number of carbonyl (C=O) groups is 4. The van der Waals surface area contributed by atoms with Crippen LogP contribution in [0.1, 0.15) is 46.5 Å². The predicted molar refractivity (Wildman–Crippen MR) is 194 cm³/mol. The number of benzene rings is 2. The van der Waals surface area contributed by atoms with E-state index < -0.39 is 53.2 Å². The minimum atomic E-state index is -1.45. The summed E-state index contributed by atoms with van der Waals surface area (Å²) in [4.78, 5) is 60.2.